The first-order valence-electron chi connectivity index (χ1n) is 4.40. The molecule has 2 nitrogen and oxygen atoms in total. The standard InChI is InChI=1S/C11H9BrN2S/c12-8-4-3-7-14-11(8)15-10-6-2-1-5-9(10)13/h1-7H,13H2. The maximum atomic E-state index is 5.85. The van der Waals surface area contributed by atoms with E-state index in [0.29, 0.717) is 0 Å². The SMILES string of the molecule is Nc1ccccc1Sc1ncccc1Br. The Morgan fingerprint density at radius 2 is 1.93 bits per heavy atom. The van der Waals surface area contributed by atoms with Crippen molar-refractivity contribution in [1.29, 1.82) is 0 Å². The lowest BCUT2D eigenvalue weighted by Gasteiger charge is -2.05. The molecule has 76 valence electrons. The first kappa shape index (κ1) is 10.5. The lowest BCUT2D eigenvalue weighted by atomic mass is 10.3. The summed E-state index contributed by atoms with van der Waals surface area (Å²) in [4.78, 5) is 5.30. The predicted octanol–water partition coefficient (Wildman–Crippen LogP) is 3.58. The van der Waals surface area contributed by atoms with Crippen LogP contribution in [0.4, 0.5) is 5.69 Å². The summed E-state index contributed by atoms with van der Waals surface area (Å²) in [5.74, 6) is 0. The van der Waals surface area contributed by atoms with Crippen molar-refractivity contribution in [3.8, 4) is 0 Å². The number of aromatic nitrogens is 1. The molecule has 0 radical (unpaired) electrons. The van der Waals surface area contributed by atoms with Crippen molar-refractivity contribution in [3.63, 3.8) is 0 Å². The van der Waals surface area contributed by atoms with Crippen molar-refractivity contribution in [3.05, 3.63) is 47.1 Å². The van der Waals surface area contributed by atoms with Gasteiger partial charge in [-0.25, -0.2) is 4.98 Å². The Morgan fingerprint density at radius 3 is 2.67 bits per heavy atom. The van der Waals surface area contributed by atoms with Gasteiger partial charge >= 0.3 is 0 Å². The highest BCUT2D eigenvalue weighted by molar-refractivity contribution is 9.10. The van der Waals surface area contributed by atoms with Crippen molar-refractivity contribution in [2.45, 2.75) is 9.92 Å². The third-order valence-electron chi connectivity index (χ3n) is 1.85. The quantitative estimate of drug-likeness (QED) is 0.855. The van der Waals surface area contributed by atoms with E-state index in [2.05, 4.69) is 20.9 Å². The lowest BCUT2D eigenvalue weighted by Crippen LogP contribution is -1.88. The number of anilines is 1. The molecule has 0 unspecified atom stereocenters. The summed E-state index contributed by atoms with van der Waals surface area (Å²) in [7, 11) is 0. The fourth-order valence-electron chi connectivity index (χ4n) is 1.12. The molecule has 2 aromatic rings. The molecule has 15 heavy (non-hydrogen) atoms. The highest BCUT2D eigenvalue weighted by atomic mass is 79.9. The Kier molecular flexibility index (Phi) is 3.28. The van der Waals surface area contributed by atoms with Gasteiger partial charge in [-0.1, -0.05) is 23.9 Å². The Labute approximate surface area is 101 Å². The normalized spacial score (nSPS) is 10.2. The van der Waals surface area contributed by atoms with Crippen molar-refractivity contribution in [2.24, 2.45) is 0 Å². The van der Waals surface area contributed by atoms with E-state index in [4.69, 9.17) is 5.73 Å². The molecule has 1 aromatic carbocycles. The van der Waals surface area contributed by atoms with Crippen LogP contribution in [0.15, 0.2) is 57.0 Å². The molecule has 1 heterocycles. The monoisotopic (exact) mass is 280 g/mol. The average molecular weight is 281 g/mol. The van der Waals surface area contributed by atoms with Gasteiger partial charge in [0.15, 0.2) is 0 Å². The predicted molar refractivity (Wildman–Crippen MR) is 66.9 cm³/mol. The minimum Gasteiger partial charge on any atom is -0.398 e. The van der Waals surface area contributed by atoms with Gasteiger partial charge in [-0.2, -0.15) is 0 Å². The highest BCUT2D eigenvalue weighted by Gasteiger charge is 2.04. The average Bonchev–Trinajstić information content (AvgIpc) is 2.24. The molecule has 0 atom stereocenters. The van der Waals surface area contributed by atoms with Crippen LogP contribution in [0.25, 0.3) is 0 Å². The zero-order valence-corrected chi connectivity index (χ0v) is 10.3. The molecule has 0 aliphatic rings. The van der Waals surface area contributed by atoms with E-state index in [1.165, 1.54) is 0 Å². The molecule has 2 rings (SSSR count). The number of benzene rings is 1. The van der Waals surface area contributed by atoms with Gasteiger partial charge in [0.25, 0.3) is 0 Å². The second kappa shape index (κ2) is 4.68. The number of hydrogen-bond acceptors (Lipinski definition) is 3. The molecule has 0 fully saturated rings. The van der Waals surface area contributed by atoms with E-state index in [1.807, 2.05) is 36.4 Å². The zero-order chi connectivity index (χ0) is 10.7. The van der Waals surface area contributed by atoms with Gasteiger partial charge < -0.3 is 5.73 Å². The summed E-state index contributed by atoms with van der Waals surface area (Å²) in [6, 6.07) is 11.6. The largest absolute Gasteiger partial charge is 0.398 e. The van der Waals surface area contributed by atoms with Crippen LogP contribution >= 0.6 is 27.7 Å². The second-order valence-electron chi connectivity index (χ2n) is 2.93. The Bertz CT molecular complexity index is 430. The van der Waals surface area contributed by atoms with Crippen molar-refractivity contribution in [1.82, 2.24) is 4.98 Å². The van der Waals surface area contributed by atoms with Crippen LogP contribution in [0.1, 0.15) is 0 Å². The van der Waals surface area contributed by atoms with Crippen LogP contribution in [0.2, 0.25) is 0 Å². The third-order valence-corrected chi connectivity index (χ3v) is 3.86. The smallest absolute Gasteiger partial charge is 0.115 e. The number of nitrogens with zero attached hydrogens (tertiary/aromatic N) is 1. The maximum absolute atomic E-state index is 5.85. The van der Waals surface area contributed by atoms with Gasteiger partial charge in [0.2, 0.25) is 0 Å². The number of nitrogen functional groups attached to an aromatic ring is 1. The fourth-order valence-corrected chi connectivity index (χ4v) is 2.44. The summed E-state index contributed by atoms with van der Waals surface area (Å²) in [5, 5.41) is 0.926. The maximum Gasteiger partial charge on any atom is 0.115 e. The van der Waals surface area contributed by atoms with E-state index < -0.39 is 0 Å². The summed E-state index contributed by atoms with van der Waals surface area (Å²) in [6.45, 7) is 0. The summed E-state index contributed by atoms with van der Waals surface area (Å²) >= 11 is 5.01. The van der Waals surface area contributed by atoms with E-state index >= 15 is 0 Å². The molecule has 0 spiro atoms. The van der Waals surface area contributed by atoms with Crippen LogP contribution in [-0.2, 0) is 0 Å². The molecule has 0 saturated carbocycles. The molecule has 0 bridgehead atoms. The minimum atomic E-state index is 0.778. The molecule has 0 aliphatic heterocycles. The topological polar surface area (TPSA) is 38.9 Å². The molecule has 1 aromatic heterocycles. The fraction of sp³-hybridized carbons (Fsp3) is 0. The lowest BCUT2D eigenvalue weighted by molar-refractivity contribution is 1.11. The number of rotatable bonds is 2. The van der Waals surface area contributed by atoms with Gasteiger partial charge in [0.1, 0.15) is 5.03 Å². The zero-order valence-electron chi connectivity index (χ0n) is 7.85. The van der Waals surface area contributed by atoms with Gasteiger partial charge in [0.05, 0.1) is 4.47 Å². The molecular weight excluding hydrogens is 272 g/mol. The summed E-state index contributed by atoms with van der Waals surface area (Å²) in [6.07, 6.45) is 1.77. The number of pyridine rings is 1. The van der Waals surface area contributed by atoms with Gasteiger partial charge in [-0.15, -0.1) is 0 Å². The van der Waals surface area contributed by atoms with Crippen molar-refractivity contribution >= 4 is 33.4 Å². The van der Waals surface area contributed by atoms with Crippen LogP contribution in [0.3, 0.4) is 0 Å². The van der Waals surface area contributed by atoms with Crippen LogP contribution in [-0.4, -0.2) is 4.98 Å². The Hall–Kier alpha value is -1.00. The molecule has 0 aliphatic carbocycles. The Balaban J connectivity index is 2.30. The number of nitrogens with two attached hydrogens (primary N) is 1. The first-order valence-corrected chi connectivity index (χ1v) is 6.01. The highest BCUT2D eigenvalue weighted by Crippen LogP contribution is 2.34. The van der Waals surface area contributed by atoms with E-state index in [1.54, 1.807) is 18.0 Å². The van der Waals surface area contributed by atoms with Crippen LogP contribution in [0, 0.1) is 0 Å². The molecule has 4 heteroatoms. The minimum absolute atomic E-state index is 0.778. The van der Waals surface area contributed by atoms with Crippen molar-refractivity contribution in [2.75, 3.05) is 5.73 Å². The van der Waals surface area contributed by atoms with Crippen LogP contribution < -0.4 is 5.73 Å². The third kappa shape index (κ3) is 2.52. The molecule has 0 amide bonds. The summed E-state index contributed by atoms with van der Waals surface area (Å²) < 4.78 is 0.984. The van der Waals surface area contributed by atoms with E-state index in [9.17, 15) is 0 Å². The van der Waals surface area contributed by atoms with Gasteiger partial charge in [0, 0.05) is 16.8 Å². The van der Waals surface area contributed by atoms with Gasteiger partial charge in [-0.3, -0.25) is 0 Å². The number of halogens is 1. The molecule has 0 saturated heterocycles. The Morgan fingerprint density at radius 1 is 1.13 bits per heavy atom. The molecule has 2 N–H and O–H groups in total. The van der Waals surface area contributed by atoms with Crippen molar-refractivity contribution < 1.29 is 0 Å². The van der Waals surface area contributed by atoms with Crippen LogP contribution in [0.5, 0.6) is 0 Å². The number of para-hydroxylation sites is 1. The second-order valence-corrected chi connectivity index (χ2v) is 4.82. The van der Waals surface area contributed by atoms with E-state index in [-0.39, 0.29) is 0 Å². The van der Waals surface area contributed by atoms with E-state index in [0.717, 1.165) is 20.1 Å². The van der Waals surface area contributed by atoms with Gasteiger partial charge in [-0.05, 0) is 40.2 Å². The first-order chi connectivity index (χ1) is 7.27. The summed E-state index contributed by atoms with van der Waals surface area (Å²) in [5.41, 5.74) is 6.63. The molecular formula is C11H9BrN2S. The number of hydrogen-bond donors (Lipinski definition) is 1.